The summed E-state index contributed by atoms with van der Waals surface area (Å²) in [5.41, 5.74) is 7.66. The Morgan fingerprint density at radius 3 is 2.09 bits per heavy atom. The van der Waals surface area contributed by atoms with Crippen LogP contribution in [0.3, 0.4) is 0 Å². The van der Waals surface area contributed by atoms with Crippen LogP contribution < -0.4 is 4.90 Å². The Labute approximate surface area is 474 Å². The van der Waals surface area contributed by atoms with Crippen molar-refractivity contribution in [3.8, 4) is 0 Å². The van der Waals surface area contributed by atoms with E-state index in [4.69, 9.17) is 4.84 Å². The Morgan fingerprint density at radius 1 is 0.789 bits per heavy atom. The molecule has 19 heteroatoms. The zero-order valence-electron chi connectivity index (χ0n) is 44.3. The van der Waals surface area contributed by atoms with Gasteiger partial charge in [0.2, 0.25) is 23.4 Å². The molecule has 0 spiro atoms. The minimum Gasteiger partial charge on any atom is -0.347 e. The number of anilines is 1. The number of hydrogen-bond acceptors (Lipinski definition) is 10. The predicted molar refractivity (Wildman–Crippen MR) is 307 cm³/mol. The number of allylic oxidation sites excluding steroid dienone is 8. The highest BCUT2D eigenvalue weighted by molar-refractivity contribution is 14.1. The van der Waals surface area contributed by atoms with Gasteiger partial charge < -0.3 is 24.4 Å². The number of fused-ring (bicyclic) bond motifs is 2. The highest BCUT2D eigenvalue weighted by atomic mass is 127. The predicted octanol–water partition coefficient (Wildman–Crippen LogP) is 8.74. The first-order valence-corrected chi connectivity index (χ1v) is 30.5. The minimum absolute atomic E-state index is 0.0370. The van der Waals surface area contributed by atoms with Crippen molar-refractivity contribution >= 4 is 108 Å². The fourth-order valence-corrected chi connectivity index (χ4v) is 15.4. The van der Waals surface area contributed by atoms with Crippen molar-refractivity contribution < 1.29 is 51.2 Å². The summed E-state index contributed by atoms with van der Waals surface area (Å²) in [5.74, 6) is -3.03. The Hall–Kier alpha value is -4.74. The Balaban J connectivity index is 0.908. The van der Waals surface area contributed by atoms with Gasteiger partial charge in [0.15, 0.2) is 5.71 Å². The van der Waals surface area contributed by atoms with Gasteiger partial charge in [-0.1, -0.05) is 62.3 Å². The van der Waals surface area contributed by atoms with Gasteiger partial charge in [-0.25, -0.2) is 4.79 Å². The van der Waals surface area contributed by atoms with E-state index in [9.17, 15) is 41.7 Å². The highest BCUT2D eigenvalue weighted by Crippen LogP contribution is 2.49. The molecule has 0 aliphatic carbocycles. The summed E-state index contributed by atoms with van der Waals surface area (Å²) >= 11 is 4.82. The molecular weight excluding hydrogens is 1210 g/mol. The number of halogens is 2. The van der Waals surface area contributed by atoms with Gasteiger partial charge in [0, 0.05) is 99.6 Å². The quantitative estimate of drug-likeness (QED) is 0.0354. The first-order chi connectivity index (χ1) is 36.1. The Kier molecular flexibility index (Phi) is 18.2. The van der Waals surface area contributed by atoms with E-state index >= 15 is 0 Å². The molecule has 5 amide bonds. The first-order valence-electron chi connectivity index (χ1n) is 26.8. The molecule has 6 aliphatic heterocycles. The second-order valence-electron chi connectivity index (χ2n) is 21.7. The number of likely N-dealkylation sites (N-methyl/N-ethyl adjacent to an activating group) is 1. The summed E-state index contributed by atoms with van der Waals surface area (Å²) in [6.07, 6.45) is 21.6. The number of hydroxylamine groups is 2. The lowest BCUT2D eigenvalue weighted by atomic mass is 9.75. The summed E-state index contributed by atoms with van der Waals surface area (Å²) < 4.78 is 37.7. The molecule has 76 heavy (non-hydrogen) atoms. The van der Waals surface area contributed by atoms with Crippen LogP contribution >= 0.6 is 45.2 Å². The summed E-state index contributed by atoms with van der Waals surface area (Å²) in [7, 11) is -1.97. The second-order valence-corrected chi connectivity index (χ2v) is 25.7. The number of nitrogens with zero attached hydrogens (tertiary/aromatic N) is 6. The normalized spacial score (nSPS) is 24.0. The van der Waals surface area contributed by atoms with Crippen LogP contribution in [-0.4, -0.2) is 136 Å². The molecule has 4 fully saturated rings. The SMILES string of the molecule is Cc1ccc2c(c1)C(C)(CCCCS(=O)(=O)O)C(/C=C/C=C/C=C/C=C1\N(C)c3cc(I)cc(I)c3C1(C)C)=[N+]2CCCCCC(=O)N1CCCC1C(=O)N1CCCC1C(=O)N1CCCC1C(=O)ON1C(=O)CCC1=O. The molecule has 2 aromatic rings. The molecule has 0 aromatic heterocycles. The van der Waals surface area contributed by atoms with Crippen molar-refractivity contribution in [1.29, 1.82) is 0 Å². The van der Waals surface area contributed by atoms with Crippen molar-refractivity contribution in [3.05, 3.63) is 102 Å². The molecule has 0 saturated carbocycles. The minimum atomic E-state index is -4.09. The third-order valence-corrected chi connectivity index (χ3v) is 18.4. The van der Waals surface area contributed by atoms with Gasteiger partial charge in [0.25, 0.3) is 21.9 Å². The Morgan fingerprint density at radius 2 is 1.41 bits per heavy atom. The van der Waals surface area contributed by atoms with E-state index in [1.165, 1.54) is 34.6 Å². The fourth-order valence-electron chi connectivity index (χ4n) is 12.3. The molecule has 0 radical (unpaired) electrons. The van der Waals surface area contributed by atoms with E-state index in [2.05, 4.69) is 144 Å². The number of unbranched alkanes of at least 4 members (excludes halogenated alkanes) is 3. The molecule has 16 nitrogen and oxygen atoms in total. The van der Waals surface area contributed by atoms with Gasteiger partial charge in [-0.3, -0.25) is 28.5 Å². The molecule has 408 valence electrons. The van der Waals surface area contributed by atoms with Gasteiger partial charge in [0.1, 0.15) is 24.7 Å². The van der Waals surface area contributed by atoms with Gasteiger partial charge in [0.05, 0.1) is 11.2 Å². The number of imide groups is 1. The average Bonchev–Trinajstić information content (AvgIpc) is 4.25. The summed E-state index contributed by atoms with van der Waals surface area (Å²) in [4.78, 5) is 91.8. The van der Waals surface area contributed by atoms with Crippen LogP contribution in [0, 0.1) is 14.1 Å². The maximum absolute atomic E-state index is 14.3. The van der Waals surface area contributed by atoms with Crippen LogP contribution in [0.2, 0.25) is 0 Å². The number of hydrogen-bond donors (Lipinski definition) is 1. The number of rotatable bonds is 19. The van der Waals surface area contributed by atoms with Crippen molar-refractivity contribution in [2.24, 2.45) is 0 Å². The number of carbonyl (C=O) groups excluding carboxylic acids is 6. The second kappa shape index (κ2) is 24.1. The molecule has 4 saturated heterocycles. The van der Waals surface area contributed by atoms with Crippen LogP contribution in [-0.2, 0) is 54.6 Å². The van der Waals surface area contributed by atoms with Gasteiger partial charge >= 0.3 is 5.97 Å². The fraction of sp³-hybridized carbons (Fsp3) is 0.526. The van der Waals surface area contributed by atoms with E-state index in [1.807, 2.05) is 18.2 Å². The van der Waals surface area contributed by atoms with E-state index in [0.29, 0.717) is 88.9 Å². The maximum Gasteiger partial charge on any atom is 0.355 e. The van der Waals surface area contributed by atoms with Crippen molar-refractivity contribution in [1.82, 2.24) is 19.8 Å². The summed E-state index contributed by atoms with van der Waals surface area (Å²) in [5, 5.41) is 0.496. The first kappa shape index (κ1) is 57.4. The van der Waals surface area contributed by atoms with E-state index in [1.54, 1.807) is 9.80 Å². The highest BCUT2D eigenvalue weighted by Gasteiger charge is 2.49. The van der Waals surface area contributed by atoms with Crippen molar-refractivity contribution in [2.75, 3.05) is 43.9 Å². The Bertz CT molecular complexity index is 2920. The van der Waals surface area contributed by atoms with E-state index < -0.39 is 51.4 Å². The smallest absolute Gasteiger partial charge is 0.347 e. The number of benzene rings is 2. The molecule has 4 atom stereocenters. The number of likely N-dealkylation sites (tertiary alicyclic amines) is 3. The largest absolute Gasteiger partial charge is 0.355 e. The third kappa shape index (κ3) is 12.3. The zero-order valence-corrected chi connectivity index (χ0v) is 49.4. The molecule has 6 aliphatic rings. The van der Waals surface area contributed by atoms with Crippen LogP contribution in [0.1, 0.15) is 134 Å². The lowest BCUT2D eigenvalue weighted by Gasteiger charge is -2.34. The van der Waals surface area contributed by atoms with Crippen molar-refractivity contribution in [2.45, 2.75) is 153 Å². The van der Waals surface area contributed by atoms with E-state index in [0.717, 1.165) is 29.8 Å². The van der Waals surface area contributed by atoms with Gasteiger partial charge in [-0.05, 0) is 148 Å². The summed E-state index contributed by atoms with van der Waals surface area (Å²) in [6, 6.07) is 8.50. The molecular formula is C57H71I2N6O10S+. The zero-order chi connectivity index (χ0) is 54.7. The standard InChI is InChI=1S/C57H70I2N6O10S/c1-38-25-26-42-40(35-38)57(4,29-13-15-34-76(72,73)74)48(23-11-8-6-7-10-22-47-56(2,3)52-41(59)36-39(58)37-46(52)60(47)5)61(42)30-14-9-12-24-49(66)62-31-16-19-43(62)53(69)63-32-17-20-44(63)54(70)64-33-18-21-45(64)55(71)75-65-50(67)27-28-51(65)68/h6-8,10-11,22-23,25-26,35-37,43-45H,9,12-21,24,27-34H2,1-5H3/p+1. The molecule has 2 aromatic carbocycles. The van der Waals surface area contributed by atoms with Gasteiger partial charge in [-0.2, -0.15) is 13.0 Å². The van der Waals surface area contributed by atoms with Crippen LogP contribution in [0.15, 0.2) is 78.6 Å². The average molecular weight is 1290 g/mol. The van der Waals surface area contributed by atoms with Crippen LogP contribution in [0.5, 0.6) is 0 Å². The lowest BCUT2D eigenvalue weighted by Crippen LogP contribution is -2.55. The maximum atomic E-state index is 14.3. The van der Waals surface area contributed by atoms with Crippen LogP contribution in [0.4, 0.5) is 11.4 Å². The lowest BCUT2D eigenvalue weighted by molar-refractivity contribution is -0.438. The number of aryl methyl sites for hydroxylation is 1. The third-order valence-electron chi connectivity index (χ3n) is 16.1. The van der Waals surface area contributed by atoms with Crippen LogP contribution in [0.25, 0.3) is 0 Å². The van der Waals surface area contributed by atoms with Gasteiger partial charge in [-0.15, -0.1) is 5.06 Å². The molecule has 6 heterocycles. The molecule has 8 rings (SSSR count). The number of amides is 5. The van der Waals surface area contributed by atoms with E-state index in [-0.39, 0.29) is 54.7 Å². The molecule has 0 bridgehead atoms. The summed E-state index contributed by atoms with van der Waals surface area (Å²) in [6.45, 7) is 10.6. The molecule has 1 N–H and O–H groups in total. The number of carbonyl (C=O) groups is 6. The molecule has 4 unspecified atom stereocenters. The van der Waals surface area contributed by atoms with Crippen molar-refractivity contribution in [3.63, 3.8) is 0 Å². The topological polar surface area (TPSA) is 185 Å². The monoisotopic (exact) mass is 1290 g/mol.